The number of benzene rings is 2. The van der Waals surface area contributed by atoms with Crippen LogP contribution in [0.5, 0.6) is 0 Å². The van der Waals surface area contributed by atoms with Crippen LogP contribution in [-0.2, 0) is 16.4 Å². The molecule has 0 radical (unpaired) electrons. The highest BCUT2D eigenvalue weighted by molar-refractivity contribution is 7.89. The van der Waals surface area contributed by atoms with E-state index in [4.69, 9.17) is 11.6 Å². The average Bonchev–Trinajstić information content (AvgIpc) is 2.67. The number of rotatable bonds is 5. The molecule has 1 aliphatic heterocycles. The number of hydrogen-bond donors (Lipinski definition) is 0. The van der Waals surface area contributed by atoms with E-state index in [1.165, 1.54) is 4.31 Å². The number of nitrogens with zero attached hydrogens (tertiary/aromatic N) is 2. The van der Waals surface area contributed by atoms with Crippen molar-refractivity contribution in [3.8, 4) is 0 Å². The first-order valence-corrected chi connectivity index (χ1v) is 10.5. The lowest BCUT2D eigenvalue weighted by Gasteiger charge is -2.34. The van der Waals surface area contributed by atoms with Gasteiger partial charge in [0.25, 0.3) is 5.91 Å². The summed E-state index contributed by atoms with van der Waals surface area (Å²) in [5.74, 6) is -0.0342. The van der Waals surface area contributed by atoms with Gasteiger partial charge >= 0.3 is 0 Å². The highest BCUT2D eigenvalue weighted by Gasteiger charge is 2.29. The first kappa shape index (κ1) is 18.9. The van der Waals surface area contributed by atoms with Gasteiger partial charge in [0.2, 0.25) is 10.0 Å². The maximum Gasteiger partial charge on any atom is 0.253 e. The first-order valence-electron chi connectivity index (χ1n) is 8.52. The maximum absolute atomic E-state index is 12.6. The third-order valence-electron chi connectivity index (χ3n) is 4.48. The maximum atomic E-state index is 12.6. The van der Waals surface area contributed by atoms with E-state index < -0.39 is 10.0 Å². The molecule has 0 N–H and O–H groups in total. The molecular formula is C19H21ClN2O3S. The lowest BCUT2D eigenvalue weighted by Crippen LogP contribution is -2.51. The van der Waals surface area contributed by atoms with Crippen molar-refractivity contribution in [2.24, 2.45) is 0 Å². The molecule has 0 atom stereocenters. The predicted octanol–water partition coefficient (Wildman–Crippen LogP) is 2.67. The molecule has 0 aliphatic carbocycles. The Balaban J connectivity index is 1.56. The molecule has 1 heterocycles. The number of amides is 1. The number of piperazine rings is 1. The molecule has 5 nitrogen and oxygen atoms in total. The van der Waals surface area contributed by atoms with Crippen LogP contribution in [0.1, 0.15) is 15.9 Å². The minimum Gasteiger partial charge on any atom is -0.336 e. The van der Waals surface area contributed by atoms with Gasteiger partial charge in [-0.25, -0.2) is 8.42 Å². The smallest absolute Gasteiger partial charge is 0.253 e. The van der Waals surface area contributed by atoms with Crippen LogP contribution in [0.15, 0.2) is 54.6 Å². The normalized spacial score (nSPS) is 15.8. The van der Waals surface area contributed by atoms with Crippen LogP contribution >= 0.6 is 11.6 Å². The fourth-order valence-electron chi connectivity index (χ4n) is 2.99. The summed E-state index contributed by atoms with van der Waals surface area (Å²) in [6.07, 6.45) is 0.491. The second kappa shape index (κ2) is 8.20. The minimum atomic E-state index is -3.33. The Hall–Kier alpha value is -1.89. The zero-order chi connectivity index (χ0) is 18.6. The molecule has 0 aromatic heterocycles. The first-order chi connectivity index (χ1) is 12.5. The van der Waals surface area contributed by atoms with Crippen molar-refractivity contribution in [2.45, 2.75) is 6.42 Å². The highest BCUT2D eigenvalue weighted by atomic mass is 35.5. The second-order valence-corrected chi connectivity index (χ2v) is 8.78. The Morgan fingerprint density at radius 3 is 2.31 bits per heavy atom. The van der Waals surface area contributed by atoms with Crippen molar-refractivity contribution in [1.82, 2.24) is 9.21 Å². The minimum absolute atomic E-state index is 0.0826. The van der Waals surface area contributed by atoms with Gasteiger partial charge in [0.1, 0.15) is 0 Å². The van der Waals surface area contributed by atoms with Crippen molar-refractivity contribution in [2.75, 3.05) is 31.9 Å². The van der Waals surface area contributed by atoms with Gasteiger partial charge < -0.3 is 4.90 Å². The van der Waals surface area contributed by atoms with Gasteiger partial charge in [0, 0.05) is 36.8 Å². The summed E-state index contributed by atoms with van der Waals surface area (Å²) in [5.41, 5.74) is 1.53. The predicted molar refractivity (Wildman–Crippen MR) is 103 cm³/mol. The molecule has 1 fully saturated rings. The van der Waals surface area contributed by atoms with Gasteiger partial charge in [0.05, 0.1) is 5.75 Å². The number of sulfonamides is 1. The third kappa shape index (κ3) is 4.63. The molecule has 2 aromatic rings. The Morgan fingerprint density at radius 1 is 0.962 bits per heavy atom. The summed E-state index contributed by atoms with van der Waals surface area (Å²) >= 11 is 5.94. The van der Waals surface area contributed by atoms with Crippen LogP contribution in [0.4, 0.5) is 0 Å². The summed E-state index contributed by atoms with van der Waals surface area (Å²) in [5, 5.41) is 0.512. The van der Waals surface area contributed by atoms with Crippen LogP contribution in [0.25, 0.3) is 0 Å². The van der Waals surface area contributed by atoms with E-state index in [0.29, 0.717) is 43.2 Å². The van der Waals surface area contributed by atoms with Gasteiger partial charge in [-0.3, -0.25) is 4.79 Å². The quantitative estimate of drug-likeness (QED) is 0.786. The van der Waals surface area contributed by atoms with E-state index >= 15 is 0 Å². The topological polar surface area (TPSA) is 57.7 Å². The van der Waals surface area contributed by atoms with Crippen LogP contribution in [0.2, 0.25) is 5.02 Å². The number of carbonyl (C=O) groups is 1. The average molecular weight is 393 g/mol. The van der Waals surface area contributed by atoms with Gasteiger partial charge in [-0.2, -0.15) is 4.31 Å². The fourth-order valence-corrected chi connectivity index (χ4v) is 4.66. The Bertz CT molecular complexity index is 863. The molecule has 0 bridgehead atoms. The molecule has 26 heavy (non-hydrogen) atoms. The highest BCUT2D eigenvalue weighted by Crippen LogP contribution is 2.16. The molecule has 0 unspecified atom stereocenters. The fraction of sp³-hybridized carbons (Fsp3) is 0.316. The summed E-state index contributed by atoms with van der Waals surface area (Å²) in [4.78, 5) is 14.2. The summed E-state index contributed by atoms with van der Waals surface area (Å²) in [6.45, 7) is 1.42. The van der Waals surface area contributed by atoms with Crippen molar-refractivity contribution in [3.63, 3.8) is 0 Å². The van der Waals surface area contributed by atoms with Crippen molar-refractivity contribution < 1.29 is 13.2 Å². The number of carbonyl (C=O) groups excluding carboxylic acids is 1. The van der Waals surface area contributed by atoms with Crippen molar-refractivity contribution >= 4 is 27.5 Å². The Morgan fingerprint density at radius 2 is 1.65 bits per heavy atom. The van der Waals surface area contributed by atoms with Gasteiger partial charge in [0.15, 0.2) is 0 Å². The zero-order valence-corrected chi connectivity index (χ0v) is 15.9. The summed E-state index contributed by atoms with van der Waals surface area (Å²) in [6, 6.07) is 16.4. The SMILES string of the molecule is O=C(c1cccc(Cl)c1)N1CCN(S(=O)(=O)CCc2ccccc2)CC1. The Kier molecular flexibility index (Phi) is 5.96. The number of hydrogen-bond acceptors (Lipinski definition) is 3. The molecule has 138 valence electrons. The second-order valence-electron chi connectivity index (χ2n) is 6.25. The van der Waals surface area contributed by atoms with Crippen LogP contribution in [0, 0.1) is 0 Å². The largest absolute Gasteiger partial charge is 0.336 e. The van der Waals surface area contributed by atoms with E-state index in [2.05, 4.69) is 0 Å². The van der Waals surface area contributed by atoms with E-state index in [0.717, 1.165) is 5.56 Å². The lowest BCUT2D eigenvalue weighted by molar-refractivity contribution is 0.0698. The van der Waals surface area contributed by atoms with E-state index in [1.807, 2.05) is 30.3 Å². The molecule has 3 rings (SSSR count). The van der Waals surface area contributed by atoms with Crippen molar-refractivity contribution in [1.29, 1.82) is 0 Å². The molecule has 1 aliphatic rings. The molecule has 7 heteroatoms. The molecule has 0 spiro atoms. The monoisotopic (exact) mass is 392 g/mol. The third-order valence-corrected chi connectivity index (χ3v) is 6.59. The van der Waals surface area contributed by atoms with E-state index in [-0.39, 0.29) is 11.7 Å². The molecule has 2 aromatic carbocycles. The van der Waals surface area contributed by atoms with Crippen LogP contribution < -0.4 is 0 Å². The standard InChI is InChI=1S/C19H21ClN2O3S/c20-18-8-4-7-17(15-18)19(23)21-10-12-22(13-11-21)26(24,25)14-9-16-5-2-1-3-6-16/h1-8,15H,9-14H2. The van der Waals surface area contributed by atoms with Gasteiger partial charge in [-0.15, -0.1) is 0 Å². The van der Waals surface area contributed by atoms with Crippen LogP contribution in [0.3, 0.4) is 0 Å². The number of aryl methyl sites for hydroxylation is 1. The lowest BCUT2D eigenvalue weighted by atomic mass is 10.2. The Labute approximate surface area is 159 Å². The van der Waals surface area contributed by atoms with Gasteiger partial charge in [-0.05, 0) is 30.2 Å². The molecule has 1 saturated heterocycles. The van der Waals surface area contributed by atoms with E-state index in [9.17, 15) is 13.2 Å². The molecule has 0 saturated carbocycles. The summed E-state index contributed by atoms with van der Waals surface area (Å²) in [7, 11) is -3.33. The van der Waals surface area contributed by atoms with Crippen LogP contribution in [-0.4, -0.2) is 55.5 Å². The van der Waals surface area contributed by atoms with Crippen molar-refractivity contribution in [3.05, 3.63) is 70.7 Å². The summed E-state index contributed by atoms with van der Waals surface area (Å²) < 4.78 is 26.6. The van der Waals surface area contributed by atoms with Gasteiger partial charge in [-0.1, -0.05) is 48.0 Å². The molecular weight excluding hydrogens is 372 g/mol. The number of halogens is 1. The zero-order valence-electron chi connectivity index (χ0n) is 14.3. The van der Waals surface area contributed by atoms with E-state index in [1.54, 1.807) is 29.2 Å². The molecule has 1 amide bonds.